The zero-order chi connectivity index (χ0) is 12.0. The van der Waals surface area contributed by atoms with Crippen LogP contribution in [0.25, 0.3) is 0 Å². The highest BCUT2D eigenvalue weighted by Gasteiger charge is 2.10. The molecule has 0 bridgehead atoms. The molecule has 0 aromatic carbocycles. The molecule has 0 radical (unpaired) electrons. The van der Waals surface area contributed by atoms with E-state index in [9.17, 15) is 10.1 Å². The molecular weight excluding hydrogens is 230 g/mol. The highest BCUT2D eigenvalue weighted by molar-refractivity contribution is 7.18. The van der Waals surface area contributed by atoms with E-state index in [1.807, 2.05) is 6.92 Å². The zero-order valence-corrected chi connectivity index (χ0v) is 9.87. The molecule has 1 rings (SSSR count). The topological polar surface area (TPSA) is 88.3 Å². The van der Waals surface area contributed by atoms with Gasteiger partial charge in [0.25, 0.3) is 0 Å². The minimum absolute atomic E-state index is 0.0474. The van der Waals surface area contributed by atoms with E-state index in [-0.39, 0.29) is 11.6 Å². The van der Waals surface area contributed by atoms with Crippen LogP contribution in [-0.4, -0.2) is 28.2 Å². The summed E-state index contributed by atoms with van der Waals surface area (Å²) >= 11 is 1.03. The van der Waals surface area contributed by atoms with E-state index in [1.54, 1.807) is 0 Å². The second-order valence-corrected chi connectivity index (χ2v) is 4.63. The quantitative estimate of drug-likeness (QED) is 0.435. The predicted molar refractivity (Wildman–Crippen MR) is 62.7 cm³/mol. The Morgan fingerprint density at radius 2 is 2.50 bits per heavy atom. The van der Waals surface area contributed by atoms with Crippen molar-refractivity contribution in [1.82, 2.24) is 4.98 Å². The summed E-state index contributed by atoms with van der Waals surface area (Å²) in [6.45, 7) is 2.89. The number of hydrogen-bond donors (Lipinski definition) is 2. The number of aliphatic hydroxyl groups is 1. The van der Waals surface area contributed by atoms with Gasteiger partial charge >= 0.3 is 5.00 Å². The van der Waals surface area contributed by atoms with Crippen molar-refractivity contribution in [2.24, 2.45) is 5.92 Å². The summed E-state index contributed by atoms with van der Waals surface area (Å²) in [6.07, 6.45) is 3.09. The molecule has 6 nitrogen and oxygen atoms in total. The summed E-state index contributed by atoms with van der Waals surface area (Å²) in [6, 6.07) is 0. The molecule has 7 heteroatoms. The fourth-order valence-corrected chi connectivity index (χ4v) is 1.83. The Hall–Kier alpha value is -1.21. The van der Waals surface area contributed by atoms with Gasteiger partial charge in [0.05, 0.1) is 4.92 Å². The van der Waals surface area contributed by atoms with Crippen LogP contribution < -0.4 is 5.32 Å². The average Bonchev–Trinajstić information content (AvgIpc) is 2.72. The molecule has 1 heterocycles. The fraction of sp³-hybridized carbons (Fsp3) is 0.667. The van der Waals surface area contributed by atoms with Crippen molar-refractivity contribution in [3.8, 4) is 0 Å². The van der Waals surface area contributed by atoms with Gasteiger partial charge in [-0.2, -0.15) is 0 Å². The van der Waals surface area contributed by atoms with Crippen molar-refractivity contribution < 1.29 is 10.0 Å². The molecular formula is C9H15N3O3S. The lowest BCUT2D eigenvalue weighted by molar-refractivity contribution is -0.380. The summed E-state index contributed by atoms with van der Waals surface area (Å²) in [5.74, 6) is 0.299. The first-order valence-corrected chi connectivity index (χ1v) is 5.90. The molecule has 1 unspecified atom stereocenters. The molecule has 0 fully saturated rings. The van der Waals surface area contributed by atoms with E-state index in [1.165, 1.54) is 6.20 Å². The largest absolute Gasteiger partial charge is 0.396 e. The lowest BCUT2D eigenvalue weighted by Gasteiger charge is -2.06. The van der Waals surface area contributed by atoms with Gasteiger partial charge in [-0.1, -0.05) is 6.92 Å². The van der Waals surface area contributed by atoms with Crippen molar-refractivity contribution in [2.45, 2.75) is 19.8 Å². The fourth-order valence-electron chi connectivity index (χ4n) is 1.17. The van der Waals surface area contributed by atoms with Gasteiger partial charge in [0.15, 0.2) is 5.13 Å². The minimum Gasteiger partial charge on any atom is -0.396 e. The Morgan fingerprint density at radius 1 is 1.75 bits per heavy atom. The Labute approximate surface area is 97.5 Å². The molecule has 0 aliphatic heterocycles. The summed E-state index contributed by atoms with van der Waals surface area (Å²) in [5, 5.41) is 22.8. The Kier molecular flexibility index (Phi) is 5.13. The van der Waals surface area contributed by atoms with E-state index >= 15 is 0 Å². The van der Waals surface area contributed by atoms with Gasteiger partial charge in [0.1, 0.15) is 6.20 Å². The molecule has 16 heavy (non-hydrogen) atoms. The highest BCUT2D eigenvalue weighted by atomic mass is 32.1. The van der Waals surface area contributed by atoms with E-state index in [2.05, 4.69) is 10.3 Å². The van der Waals surface area contributed by atoms with Gasteiger partial charge in [0, 0.05) is 13.2 Å². The molecule has 1 aromatic rings. The average molecular weight is 245 g/mol. The Morgan fingerprint density at radius 3 is 3.06 bits per heavy atom. The standard InChI is InChI=1S/C9H15N3O3S/c1-7(6-13)3-2-4-10-9-11-5-8(16-9)12(14)15/h5,7,13H,2-4,6H2,1H3,(H,10,11). The van der Waals surface area contributed by atoms with Gasteiger partial charge in [-0.15, -0.1) is 0 Å². The third kappa shape index (κ3) is 4.11. The van der Waals surface area contributed by atoms with Crippen LogP contribution >= 0.6 is 11.3 Å². The Balaban J connectivity index is 2.24. The minimum atomic E-state index is -0.448. The number of aromatic nitrogens is 1. The molecule has 0 saturated carbocycles. The van der Waals surface area contributed by atoms with Gasteiger partial charge in [0.2, 0.25) is 0 Å². The zero-order valence-electron chi connectivity index (χ0n) is 9.05. The molecule has 0 saturated heterocycles. The maximum atomic E-state index is 10.4. The number of nitro groups is 1. The van der Waals surface area contributed by atoms with Crippen LogP contribution in [0.3, 0.4) is 0 Å². The van der Waals surface area contributed by atoms with Gasteiger partial charge in [-0.05, 0) is 30.1 Å². The second kappa shape index (κ2) is 6.39. The maximum absolute atomic E-state index is 10.4. The van der Waals surface area contributed by atoms with Crippen molar-refractivity contribution >= 4 is 21.5 Å². The maximum Gasteiger partial charge on any atom is 0.345 e. The number of nitrogens with zero attached hydrogens (tertiary/aromatic N) is 2. The van der Waals surface area contributed by atoms with E-state index in [0.717, 1.165) is 30.7 Å². The Bertz CT molecular complexity index is 342. The van der Waals surface area contributed by atoms with Crippen LogP contribution in [0.4, 0.5) is 10.1 Å². The molecule has 1 atom stereocenters. The summed E-state index contributed by atoms with van der Waals surface area (Å²) in [7, 11) is 0. The molecule has 1 aromatic heterocycles. The van der Waals surface area contributed by atoms with Crippen molar-refractivity contribution in [1.29, 1.82) is 0 Å². The van der Waals surface area contributed by atoms with Crippen LogP contribution in [0.2, 0.25) is 0 Å². The lowest BCUT2D eigenvalue weighted by atomic mass is 10.1. The first-order valence-electron chi connectivity index (χ1n) is 5.08. The molecule has 0 spiro atoms. The second-order valence-electron chi connectivity index (χ2n) is 3.62. The number of aliphatic hydroxyl groups excluding tert-OH is 1. The third-order valence-corrected chi connectivity index (χ3v) is 3.04. The highest BCUT2D eigenvalue weighted by Crippen LogP contribution is 2.24. The van der Waals surface area contributed by atoms with Crippen LogP contribution in [0, 0.1) is 16.0 Å². The van der Waals surface area contributed by atoms with Crippen molar-refractivity contribution in [2.75, 3.05) is 18.5 Å². The molecule has 0 amide bonds. The predicted octanol–water partition coefficient (Wildman–Crippen LogP) is 1.87. The molecule has 90 valence electrons. The number of thiazole rings is 1. The summed E-state index contributed by atoms with van der Waals surface area (Å²) in [4.78, 5) is 13.8. The van der Waals surface area contributed by atoms with Gasteiger partial charge in [-0.3, -0.25) is 10.1 Å². The third-order valence-electron chi connectivity index (χ3n) is 2.14. The molecule has 2 N–H and O–H groups in total. The number of nitrogens with one attached hydrogen (secondary N) is 1. The first kappa shape index (κ1) is 12.9. The summed E-state index contributed by atoms with van der Waals surface area (Å²) < 4.78 is 0. The van der Waals surface area contributed by atoms with Crippen LogP contribution in [0.1, 0.15) is 19.8 Å². The number of anilines is 1. The summed E-state index contributed by atoms with van der Waals surface area (Å²) in [5.41, 5.74) is 0. The smallest absolute Gasteiger partial charge is 0.345 e. The van der Waals surface area contributed by atoms with Crippen molar-refractivity contribution in [3.05, 3.63) is 16.3 Å². The van der Waals surface area contributed by atoms with Crippen LogP contribution in [0.5, 0.6) is 0 Å². The lowest BCUT2D eigenvalue weighted by Crippen LogP contribution is -2.06. The number of hydrogen-bond acceptors (Lipinski definition) is 6. The molecule has 0 aliphatic rings. The monoisotopic (exact) mass is 245 g/mol. The van der Waals surface area contributed by atoms with Gasteiger partial charge < -0.3 is 10.4 Å². The first-order chi connectivity index (χ1) is 7.63. The van der Waals surface area contributed by atoms with Gasteiger partial charge in [-0.25, -0.2) is 4.98 Å². The van der Waals surface area contributed by atoms with E-state index in [0.29, 0.717) is 11.0 Å². The van der Waals surface area contributed by atoms with Crippen LogP contribution in [0.15, 0.2) is 6.20 Å². The van der Waals surface area contributed by atoms with E-state index in [4.69, 9.17) is 5.11 Å². The van der Waals surface area contributed by atoms with Crippen molar-refractivity contribution in [3.63, 3.8) is 0 Å². The van der Waals surface area contributed by atoms with E-state index < -0.39 is 4.92 Å². The number of rotatable bonds is 7. The SMILES string of the molecule is CC(CO)CCCNc1ncc([N+](=O)[O-])s1. The normalized spacial score (nSPS) is 12.4. The molecule has 0 aliphatic carbocycles. The van der Waals surface area contributed by atoms with Crippen LogP contribution in [-0.2, 0) is 0 Å².